The van der Waals surface area contributed by atoms with Crippen LogP contribution in [-0.2, 0) is 4.74 Å². The molecule has 0 heterocycles. The van der Waals surface area contributed by atoms with Gasteiger partial charge in [0.25, 0.3) is 0 Å². The van der Waals surface area contributed by atoms with E-state index in [1.807, 2.05) is 64.1 Å². The van der Waals surface area contributed by atoms with Crippen molar-refractivity contribution in [3.05, 3.63) is 47.5 Å². The average Bonchev–Trinajstić information content (AvgIpc) is 2.40. The van der Waals surface area contributed by atoms with Crippen LogP contribution in [0.1, 0.15) is 27.7 Å². The summed E-state index contributed by atoms with van der Waals surface area (Å²) < 4.78 is 7.27. The Morgan fingerprint density at radius 1 is 1.22 bits per heavy atom. The number of nitrogens with zero attached hydrogens (tertiary/aromatic N) is 1. The summed E-state index contributed by atoms with van der Waals surface area (Å²) in [6.45, 7) is 14.1. The number of hydrogen-bond donors (Lipinski definition) is 0. The van der Waals surface area contributed by atoms with Crippen molar-refractivity contribution < 1.29 is 9.53 Å². The first kappa shape index (κ1) is 19.6. The van der Waals surface area contributed by atoms with Crippen molar-refractivity contribution in [1.82, 2.24) is 4.31 Å². The maximum absolute atomic E-state index is 12.8. The van der Waals surface area contributed by atoms with Crippen LogP contribution >= 0.6 is 11.9 Å². The number of hydrogen-bond acceptors (Lipinski definition) is 3. The lowest BCUT2D eigenvalue weighted by atomic mass is 10.2. The molecule has 0 spiro atoms. The first-order valence-electron chi connectivity index (χ1n) is 7.72. The Kier molecular flexibility index (Phi) is 6.75. The van der Waals surface area contributed by atoms with Crippen molar-refractivity contribution in [2.45, 2.75) is 57.8 Å². The van der Waals surface area contributed by atoms with E-state index in [9.17, 15) is 4.79 Å². The summed E-state index contributed by atoms with van der Waals surface area (Å²) in [7, 11) is -1.78. The van der Waals surface area contributed by atoms with Gasteiger partial charge in [-0.1, -0.05) is 37.8 Å². The third-order valence-corrected chi connectivity index (χ3v) is 5.64. The van der Waals surface area contributed by atoms with Crippen molar-refractivity contribution >= 4 is 26.1 Å². The fourth-order valence-corrected chi connectivity index (χ4v) is 4.76. The number of benzene rings is 1. The van der Waals surface area contributed by atoms with Gasteiger partial charge < -0.3 is 4.74 Å². The molecule has 1 rings (SSSR count). The van der Waals surface area contributed by atoms with Crippen molar-refractivity contribution in [3.8, 4) is 0 Å². The molecular weight excluding hydrogens is 322 g/mol. The lowest BCUT2D eigenvalue weighted by molar-refractivity contribution is 0.0447. The van der Waals surface area contributed by atoms with Crippen molar-refractivity contribution in [1.29, 1.82) is 0 Å². The molecule has 0 fully saturated rings. The van der Waals surface area contributed by atoms with Gasteiger partial charge >= 0.3 is 6.09 Å². The molecule has 0 saturated carbocycles. The van der Waals surface area contributed by atoms with E-state index in [1.54, 1.807) is 4.31 Å². The number of carbonyl (C=O) groups excluding carboxylic acids is 1. The number of carbonyl (C=O) groups is 1. The SMILES string of the molecule is CC=C=C(N(Sc1ccccc1)C(=O)OC(C)(C)C)[Si](C)(C)C. The molecule has 1 aromatic carbocycles. The minimum atomic E-state index is -1.78. The van der Waals surface area contributed by atoms with Gasteiger partial charge in [0, 0.05) is 4.90 Å². The van der Waals surface area contributed by atoms with Crippen molar-refractivity contribution in [2.75, 3.05) is 0 Å². The first-order valence-corrected chi connectivity index (χ1v) is 12.0. The quantitative estimate of drug-likeness (QED) is 0.387. The van der Waals surface area contributed by atoms with E-state index in [4.69, 9.17) is 4.74 Å². The second kappa shape index (κ2) is 7.91. The van der Waals surface area contributed by atoms with Crippen LogP contribution in [-0.4, -0.2) is 24.1 Å². The largest absolute Gasteiger partial charge is 0.443 e. The molecule has 0 N–H and O–H groups in total. The standard InChI is InChI=1S/C18H27NO2SSi/c1-8-12-16(23(5,6)7)19(17(20)21-18(2,3)4)22-15-13-10-9-11-14-15/h8-11,13-14H,1-7H3. The smallest absolute Gasteiger partial charge is 0.425 e. The molecule has 0 aliphatic carbocycles. The summed E-state index contributed by atoms with van der Waals surface area (Å²) in [5.41, 5.74) is 2.73. The lowest BCUT2D eigenvalue weighted by Crippen LogP contribution is -2.39. The zero-order valence-corrected chi connectivity index (χ0v) is 17.0. The summed E-state index contributed by atoms with van der Waals surface area (Å²) >= 11 is 1.39. The van der Waals surface area contributed by atoms with Crippen LogP contribution in [0, 0.1) is 0 Å². The van der Waals surface area contributed by atoms with Crippen LogP contribution in [0.25, 0.3) is 0 Å². The summed E-state index contributed by atoms with van der Waals surface area (Å²) in [5, 5.41) is 0.920. The maximum atomic E-state index is 12.8. The van der Waals surface area contributed by atoms with E-state index in [2.05, 4.69) is 25.4 Å². The Morgan fingerprint density at radius 3 is 2.22 bits per heavy atom. The topological polar surface area (TPSA) is 29.5 Å². The predicted octanol–water partition coefficient (Wildman–Crippen LogP) is 5.87. The fraction of sp³-hybridized carbons (Fsp3) is 0.444. The second-order valence-electron chi connectivity index (χ2n) is 7.21. The summed E-state index contributed by atoms with van der Waals surface area (Å²) in [5.74, 6) is 0. The van der Waals surface area contributed by atoms with E-state index < -0.39 is 13.7 Å². The average molecular weight is 350 g/mol. The van der Waals surface area contributed by atoms with E-state index in [-0.39, 0.29) is 6.09 Å². The highest BCUT2D eigenvalue weighted by atomic mass is 32.2. The van der Waals surface area contributed by atoms with Crippen molar-refractivity contribution in [3.63, 3.8) is 0 Å². The molecule has 0 aromatic heterocycles. The van der Waals surface area contributed by atoms with E-state index in [1.165, 1.54) is 11.9 Å². The molecule has 1 amide bonds. The third-order valence-electron chi connectivity index (χ3n) is 2.69. The molecule has 5 heteroatoms. The summed E-state index contributed by atoms with van der Waals surface area (Å²) in [6, 6.07) is 9.86. The molecule has 3 nitrogen and oxygen atoms in total. The normalized spacial score (nSPS) is 11.4. The van der Waals surface area contributed by atoms with E-state index in [0.29, 0.717) is 0 Å². The molecule has 0 bridgehead atoms. The molecule has 126 valence electrons. The van der Waals surface area contributed by atoms with Gasteiger partial charge in [0.15, 0.2) is 0 Å². The maximum Gasteiger partial charge on any atom is 0.425 e. The van der Waals surface area contributed by atoms with Gasteiger partial charge in [-0.05, 0) is 57.9 Å². The number of allylic oxidation sites excluding steroid dienone is 1. The molecule has 0 aliphatic rings. The molecular formula is C18H27NO2SSi. The summed E-state index contributed by atoms with van der Waals surface area (Å²) in [4.78, 5) is 13.7. The highest BCUT2D eigenvalue weighted by Gasteiger charge is 2.33. The minimum Gasteiger partial charge on any atom is -0.443 e. The number of amides is 1. The van der Waals surface area contributed by atoms with Gasteiger partial charge in [0.2, 0.25) is 0 Å². The van der Waals surface area contributed by atoms with Crippen LogP contribution in [0.3, 0.4) is 0 Å². The molecule has 23 heavy (non-hydrogen) atoms. The third kappa shape index (κ3) is 6.69. The molecule has 0 atom stereocenters. The molecule has 0 radical (unpaired) electrons. The van der Waals surface area contributed by atoms with Crippen LogP contribution < -0.4 is 0 Å². The monoisotopic (exact) mass is 349 g/mol. The minimum absolute atomic E-state index is 0.349. The van der Waals surface area contributed by atoms with Crippen molar-refractivity contribution in [2.24, 2.45) is 0 Å². The fourth-order valence-electron chi connectivity index (χ4n) is 1.78. The molecule has 0 saturated heterocycles. The predicted molar refractivity (Wildman–Crippen MR) is 101 cm³/mol. The molecule has 1 aromatic rings. The first-order chi connectivity index (χ1) is 10.5. The Hall–Kier alpha value is -1.42. The van der Waals surface area contributed by atoms with Crippen LogP contribution in [0.2, 0.25) is 19.6 Å². The van der Waals surface area contributed by atoms with Gasteiger partial charge in [-0.25, -0.2) is 9.10 Å². The van der Waals surface area contributed by atoms with E-state index >= 15 is 0 Å². The Labute approximate surface area is 145 Å². The zero-order chi connectivity index (χ0) is 17.7. The van der Waals surface area contributed by atoms with Gasteiger partial charge in [0.05, 0.1) is 5.32 Å². The highest BCUT2D eigenvalue weighted by molar-refractivity contribution is 7.97. The van der Waals surface area contributed by atoms with Gasteiger partial charge in [-0.15, -0.1) is 5.73 Å². The van der Waals surface area contributed by atoms with Crippen LogP contribution in [0.5, 0.6) is 0 Å². The zero-order valence-electron chi connectivity index (χ0n) is 15.1. The van der Waals surface area contributed by atoms with Gasteiger partial charge in [-0.2, -0.15) is 0 Å². The second-order valence-corrected chi connectivity index (χ2v) is 13.2. The molecule has 0 aliphatic heterocycles. The lowest BCUT2D eigenvalue weighted by Gasteiger charge is -2.31. The van der Waals surface area contributed by atoms with E-state index in [0.717, 1.165) is 10.2 Å². The van der Waals surface area contributed by atoms with Crippen LogP contribution in [0.15, 0.2) is 52.4 Å². The number of ether oxygens (including phenoxy) is 1. The Balaban J connectivity index is 3.25. The number of rotatable bonds is 4. The summed E-state index contributed by atoms with van der Waals surface area (Å²) in [6.07, 6.45) is 1.51. The Morgan fingerprint density at radius 2 is 1.78 bits per heavy atom. The molecule has 0 unspecified atom stereocenters. The van der Waals surface area contributed by atoms with Gasteiger partial charge in [0.1, 0.15) is 13.7 Å². The van der Waals surface area contributed by atoms with Gasteiger partial charge in [-0.3, -0.25) is 0 Å². The Bertz CT molecular complexity index is 594. The highest BCUT2D eigenvalue weighted by Crippen LogP contribution is 2.32. The van der Waals surface area contributed by atoms with Crippen LogP contribution in [0.4, 0.5) is 4.79 Å².